The molecule has 2 rings (SSSR count). The van der Waals surface area contributed by atoms with Gasteiger partial charge < -0.3 is 9.73 Å². The molecule has 1 aromatic heterocycles. The Bertz CT molecular complexity index is 306. The van der Waals surface area contributed by atoms with Gasteiger partial charge in [0.2, 0.25) is 11.8 Å². The monoisotopic (exact) mass is 210 g/mol. The summed E-state index contributed by atoms with van der Waals surface area (Å²) in [5.74, 6) is 1.35. The molecule has 5 nitrogen and oxygen atoms in total. The second kappa shape index (κ2) is 4.72. The summed E-state index contributed by atoms with van der Waals surface area (Å²) in [7, 11) is 2.11. The first-order chi connectivity index (χ1) is 7.25. The van der Waals surface area contributed by atoms with Crippen LogP contribution in [-0.2, 0) is 6.54 Å². The second-order valence-electron chi connectivity index (χ2n) is 4.13. The highest BCUT2D eigenvalue weighted by molar-refractivity contribution is 4.82. The van der Waals surface area contributed by atoms with E-state index >= 15 is 0 Å². The highest BCUT2D eigenvalue weighted by Gasteiger charge is 2.19. The van der Waals surface area contributed by atoms with Crippen molar-refractivity contribution in [2.24, 2.45) is 0 Å². The van der Waals surface area contributed by atoms with Crippen molar-refractivity contribution in [2.75, 3.05) is 20.1 Å². The van der Waals surface area contributed by atoms with Gasteiger partial charge in [-0.25, -0.2) is 0 Å². The maximum absolute atomic E-state index is 5.36. The summed E-state index contributed by atoms with van der Waals surface area (Å²) in [5, 5.41) is 11.2. The Morgan fingerprint density at radius 3 is 3.00 bits per heavy atom. The van der Waals surface area contributed by atoms with Gasteiger partial charge in [-0.3, -0.25) is 4.90 Å². The van der Waals surface area contributed by atoms with Crippen LogP contribution >= 0.6 is 0 Å². The fourth-order valence-corrected chi connectivity index (χ4v) is 1.95. The average molecular weight is 210 g/mol. The first-order valence-corrected chi connectivity index (χ1v) is 5.45. The van der Waals surface area contributed by atoms with Crippen molar-refractivity contribution >= 4 is 0 Å². The zero-order chi connectivity index (χ0) is 10.7. The predicted octanol–water partition coefficient (Wildman–Crippen LogP) is 0.562. The lowest BCUT2D eigenvalue weighted by Gasteiger charge is -2.30. The molecule has 0 aliphatic carbocycles. The van der Waals surface area contributed by atoms with Crippen molar-refractivity contribution in [2.45, 2.75) is 32.4 Å². The summed E-state index contributed by atoms with van der Waals surface area (Å²) in [6.45, 7) is 4.76. The van der Waals surface area contributed by atoms with Gasteiger partial charge in [0.15, 0.2) is 0 Å². The van der Waals surface area contributed by atoms with Crippen LogP contribution in [0.5, 0.6) is 0 Å². The Labute approximate surface area is 89.9 Å². The maximum atomic E-state index is 5.36. The Kier molecular flexibility index (Phi) is 3.33. The number of aromatic nitrogens is 2. The molecule has 1 aliphatic rings. The van der Waals surface area contributed by atoms with Gasteiger partial charge in [0.05, 0.1) is 6.54 Å². The van der Waals surface area contributed by atoms with Gasteiger partial charge >= 0.3 is 0 Å². The quantitative estimate of drug-likeness (QED) is 0.790. The van der Waals surface area contributed by atoms with Gasteiger partial charge in [-0.15, -0.1) is 10.2 Å². The number of nitrogens with one attached hydrogen (secondary N) is 1. The van der Waals surface area contributed by atoms with Crippen LogP contribution in [0.1, 0.15) is 24.6 Å². The lowest BCUT2D eigenvalue weighted by atomic mass is 10.1. The van der Waals surface area contributed by atoms with Gasteiger partial charge in [0.25, 0.3) is 0 Å². The Morgan fingerprint density at radius 2 is 2.40 bits per heavy atom. The van der Waals surface area contributed by atoms with Crippen molar-refractivity contribution in [1.82, 2.24) is 20.4 Å². The van der Waals surface area contributed by atoms with E-state index in [9.17, 15) is 0 Å². The molecule has 0 aromatic carbocycles. The summed E-state index contributed by atoms with van der Waals surface area (Å²) >= 11 is 0. The van der Waals surface area contributed by atoms with Gasteiger partial charge in [-0.2, -0.15) is 0 Å². The number of likely N-dealkylation sites (N-methyl/N-ethyl adjacent to an activating group) is 1. The zero-order valence-electron chi connectivity index (χ0n) is 9.36. The average Bonchev–Trinajstić information content (AvgIpc) is 2.65. The molecular formula is C10H18N4O. The fraction of sp³-hybridized carbons (Fsp3) is 0.800. The van der Waals surface area contributed by atoms with Crippen molar-refractivity contribution in [3.05, 3.63) is 11.8 Å². The molecule has 1 N–H and O–H groups in total. The van der Waals surface area contributed by atoms with E-state index in [1.54, 1.807) is 0 Å². The molecule has 1 aliphatic heterocycles. The smallest absolute Gasteiger partial charge is 0.230 e. The third-order valence-electron chi connectivity index (χ3n) is 2.85. The molecule has 1 fully saturated rings. The molecule has 0 saturated carbocycles. The largest absolute Gasteiger partial charge is 0.424 e. The van der Waals surface area contributed by atoms with Crippen LogP contribution in [0.4, 0.5) is 0 Å². The molecule has 1 unspecified atom stereocenters. The van der Waals surface area contributed by atoms with Crippen molar-refractivity contribution < 1.29 is 4.42 Å². The number of aryl methyl sites for hydroxylation is 1. The molecule has 0 radical (unpaired) electrons. The van der Waals surface area contributed by atoms with Crippen LogP contribution in [0.15, 0.2) is 4.42 Å². The van der Waals surface area contributed by atoms with Crippen molar-refractivity contribution in [1.29, 1.82) is 0 Å². The molecule has 84 valence electrons. The van der Waals surface area contributed by atoms with E-state index in [1.165, 1.54) is 12.8 Å². The third kappa shape index (κ3) is 2.76. The SMILES string of the molecule is Cc1nnc(CN(C)C2CCCNC2)o1. The summed E-state index contributed by atoms with van der Waals surface area (Å²) in [6.07, 6.45) is 2.49. The van der Waals surface area contributed by atoms with Crippen molar-refractivity contribution in [3.63, 3.8) is 0 Å². The van der Waals surface area contributed by atoms with Crippen molar-refractivity contribution in [3.8, 4) is 0 Å². The molecule has 1 atom stereocenters. The molecule has 2 heterocycles. The number of hydrogen-bond donors (Lipinski definition) is 1. The number of rotatable bonds is 3. The van der Waals surface area contributed by atoms with E-state index in [2.05, 4.69) is 27.5 Å². The number of piperidine rings is 1. The Hall–Kier alpha value is -0.940. The van der Waals surface area contributed by atoms with E-state index in [1.807, 2.05) is 6.92 Å². The van der Waals surface area contributed by atoms with E-state index in [0.717, 1.165) is 19.6 Å². The molecule has 1 saturated heterocycles. The number of nitrogens with zero attached hydrogens (tertiary/aromatic N) is 3. The van der Waals surface area contributed by atoms with Crippen LogP contribution in [0, 0.1) is 6.92 Å². The van der Waals surface area contributed by atoms with Crippen LogP contribution in [0.3, 0.4) is 0 Å². The normalized spacial score (nSPS) is 22.2. The van der Waals surface area contributed by atoms with Gasteiger partial charge in [0, 0.05) is 19.5 Å². The van der Waals surface area contributed by atoms with E-state index < -0.39 is 0 Å². The van der Waals surface area contributed by atoms with Gasteiger partial charge in [0.1, 0.15) is 0 Å². The maximum Gasteiger partial charge on any atom is 0.230 e. The minimum Gasteiger partial charge on any atom is -0.424 e. The molecule has 1 aromatic rings. The lowest BCUT2D eigenvalue weighted by molar-refractivity contribution is 0.179. The first-order valence-electron chi connectivity index (χ1n) is 5.45. The Morgan fingerprint density at radius 1 is 1.53 bits per heavy atom. The summed E-state index contributed by atoms with van der Waals surface area (Å²) < 4.78 is 5.36. The highest BCUT2D eigenvalue weighted by Crippen LogP contribution is 2.11. The molecule has 5 heteroatoms. The molecule has 15 heavy (non-hydrogen) atoms. The van der Waals surface area contributed by atoms with Gasteiger partial charge in [-0.1, -0.05) is 0 Å². The summed E-state index contributed by atoms with van der Waals surface area (Å²) in [4.78, 5) is 2.28. The fourth-order valence-electron chi connectivity index (χ4n) is 1.95. The van der Waals surface area contributed by atoms with Crippen LogP contribution in [-0.4, -0.2) is 41.3 Å². The van der Waals surface area contributed by atoms with E-state index in [0.29, 0.717) is 17.8 Å². The van der Waals surface area contributed by atoms with Crippen LogP contribution in [0.2, 0.25) is 0 Å². The number of hydrogen-bond acceptors (Lipinski definition) is 5. The Balaban J connectivity index is 1.88. The summed E-state index contributed by atoms with van der Waals surface area (Å²) in [5.41, 5.74) is 0. The second-order valence-corrected chi connectivity index (χ2v) is 4.13. The molecule has 0 bridgehead atoms. The molecule has 0 spiro atoms. The third-order valence-corrected chi connectivity index (χ3v) is 2.85. The molecule has 0 amide bonds. The first kappa shape index (κ1) is 10.6. The van der Waals surface area contributed by atoms with Crippen LogP contribution in [0.25, 0.3) is 0 Å². The minimum atomic E-state index is 0.589. The standard InChI is InChI=1S/C10H18N4O/c1-8-12-13-10(15-8)7-14(2)9-4-3-5-11-6-9/h9,11H,3-7H2,1-2H3. The van der Waals surface area contributed by atoms with E-state index in [4.69, 9.17) is 4.42 Å². The summed E-state index contributed by atoms with van der Waals surface area (Å²) in [6, 6.07) is 0.589. The topological polar surface area (TPSA) is 54.2 Å². The highest BCUT2D eigenvalue weighted by atomic mass is 16.4. The minimum absolute atomic E-state index is 0.589. The van der Waals surface area contributed by atoms with Gasteiger partial charge in [-0.05, 0) is 26.4 Å². The van der Waals surface area contributed by atoms with E-state index in [-0.39, 0.29) is 0 Å². The van der Waals surface area contributed by atoms with Crippen LogP contribution < -0.4 is 5.32 Å². The predicted molar refractivity (Wildman–Crippen MR) is 56.4 cm³/mol. The zero-order valence-corrected chi connectivity index (χ0v) is 9.36. The molecular weight excluding hydrogens is 192 g/mol. The lowest BCUT2D eigenvalue weighted by Crippen LogP contribution is -2.43.